The molecule has 1 fully saturated rings. The molecule has 7 nitrogen and oxygen atoms in total. The minimum atomic E-state index is -4.59. The number of aromatic nitrogens is 2. The number of hydrogen-bond acceptors (Lipinski definition) is 5. The monoisotopic (exact) mass is 447 g/mol. The normalized spacial score (nSPS) is 15.3. The summed E-state index contributed by atoms with van der Waals surface area (Å²) in [6.45, 7) is 0.172. The van der Waals surface area contributed by atoms with E-state index in [2.05, 4.69) is 10.4 Å². The minimum absolute atomic E-state index is 0.0430. The molecule has 1 aromatic heterocycles. The van der Waals surface area contributed by atoms with Crippen LogP contribution in [0.4, 0.5) is 28.9 Å². The predicted octanol–water partition coefficient (Wildman–Crippen LogP) is 2.36. The first-order valence-electron chi connectivity index (χ1n) is 8.98. The van der Waals surface area contributed by atoms with Crippen molar-refractivity contribution in [2.45, 2.75) is 12.7 Å². The predicted molar refractivity (Wildman–Crippen MR) is 103 cm³/mol. The van der Waals surface area contributed by atoms with Gasteiger partial charge in [-0.25, -0.2) is 9.07 Å². The van der Waals surface area contributed by atoms with Crippen LogP contribution in [0.1, 0.15) is 0 Å². The lowest BCUT2D eigenvalue weighted by molar-refractivity contribution is -0.143. The van der Waals surface area contributed by atoms with Gasteiger partial charge in [0.05, 0.1) is 24.1 Å². The summed E-state index contributed by atoms with van der Waals surface area (Å²) in [4.78, 5) is 27.8. The quantitative estimate of drug-likeness (QED) is 0.713. The van der Waals surface area contributed by atoms with Gasteiger partial charge in [0.15, 0.2) is 0 Å². The highest BCUT2D eigenvalue weighted by Crippen LogP contribution is 2.23. The second kappa shape index (κ2) is 9.00. The van der Waals surface area contributed by atoms with Gasteiger partial charge in [-0.05, 0) is 12.1 Å². The molecule has 12 heteroatoms. The van der Waals surface area contributed by atoms with Gasteiger partial charge in [-0.2, -0.15) is 18.3 Å². The molecule has 1 aromatic carbocycles. The lowest BCUT2D eigenvalue weighted by Gasteiger charge is -2.35. The summed E-state index contributed by atoms with van der Waals surface area (Å²) in [5.74, 6) is -0.902. The number of piperazine rings is 1. The number of carbonyl (C=O) groups excluding carboxylic acids is 1. The maximum Gasteiger partial charge on any atom is 0.408 e. The Morgan fingerprint density at radius 1 is 1.17 bits per heavy atom. The molecule has 0 spiro atoms. The molecule has 30 heavy (non-hydrogen) atoms. The van der Waals surface area contributed by atoms with E-state index in [0.29, 0.717) is 26.2 Å². The molecule has 1 N–H and O–H groups in total. The van der Waals surface area contributed by atoms with Crippen LogP contribution >= 0.6 is 11.6 Å². The second-order valence-electron chi connectivity index (χ2n) is 6.71. The lowest BCUT2D eigenvalue weighted by Crippen LogP contribution is -2.49. The van der Waals surface area contributed by atoms with E-state index >= 15 is 0 Å². The van der Waals surface area contributed by atoms with E-state index in [-0.39, 0.29) is 33.5 Å². The number of nitrogens with zero attached hydrogens (tertiary/aromatic N) is 4. The fraction of sp³-hybridized carbons (Fsp3) is 0.389. The van der Waals surface area contributed by atoms with E-state index in [9.17, 15) is 27.2 Å². The molecule has 0 saturated carbocycles. The first-order valence-corrected chi connectivity index (χ1v) is 9.36. The van der Waals surface area contributed by atoms with Gasteiger partial charge in [0.1, 0.15) is 17.4 Å². The fourth-order valence-electron chi connectivity index (χ4n) is 3.06. The van der Waals surface area contributed by atoms with Crippen molar-refractivity contribution in [1.82, 2.24) is 14.7 Å². The first kappa shape index (κ1) is 22.0. The molecular formula is C18H18ClF4N5O2. The third-order valence-electron chi connectivity index (χ3n) is 4.52. The molecule has 0 unspecified atom stereocenters. The molecule has 1 aliphatic heterocycles. The first-order chi connectivity index (χ1) is 14.1. The summed E-state index contributed by atoms with van der Waals surface area (Å²) < 4.78 is 51.4. The topological polar surface area (TPSA) is 70.5 Å². The van der Waals surface area contributed by atoms with Crippen molar-refractivity contribution in [3.05, 3.63) is 51.7 Å². The largest absolute Gasteiger partial charge is 0.408 e. The summed E-state index contributed by atoms with van der Waals surface area (Å²) in [5.41, 5.74) is -0.674. The zero-order valence-corrected chi connectivity index (χ0v) is 16.4. The van der Waals surface area contributed by atoms with E-state index in [1.54, 1.807) is 11.0 Å². The number of alkyl halides is 3. The van der Waals surface area contributed by atoms with Crippen molar-refractivity contribution in [3.8, 4) is 0 Å². The maximum absolute atomic E-state index is 13.6. The van der Waals surface area contributed by atoms with Crippen LogP contribution in [-0.2, 0) is 11.3 Å². The van der Waals surface area contributed by atoms with Crippen LogP contribution < -0.4 is 15.8 Å². The summed E-state index contributed by atoms with van der Waals surface area (Å²) in [7, 11) is 0. The molecule has 0 radical (unpaired) electrons. The molecule has 1 amide bonds. The van der Waals surface area contributed by atoms with Gasteiger partial charge < -0.3 is 10.2 Å². The van der Waals surface area contributed by atoms with Crippen LogP contribution in [0.3, 0.4) is 0 Å². The standard InChI is InChI=1S/C18H18ClF4N5O2/c19-16-14(9-24-28(17(16)30)11-18(21,22)23)27-7-5-26(6-8-27)10-15(29)25-13-4-2-1-3-12(13)20/h1-4,9H,5-8,10-11H2,(H,25,29). The van der Waals surface area contributed by atoms with Crippen LogP contribution in [0.25, 0.3) is 0 Å². The third kappa shape index (κ3) is 5.48. The average Bonchev–Trinajstić information content (AvgIpc) is 2.67. The number of nitrogens with one attached hydrogen (secondary N) is 1. The Kier molecular flexibility index (Phi) is 6.61. The second-order valence-corrected chi connectivity index (χ2v) is 7.09. The number of rotatable bonds is 5. The van der Waals surface area contributed by atoms with Gasteiger partial charge >= 0.3 is 6.18 Å². The van der Waals surface area contributed by atoms with Crippen molar-refractivity contribution in [3.63, 3.8) is 0 Å². The SMILES string of the molecule is O=C(CN1CCN(c2cnn(CC(F)(F)F)c(=O)c2Cl)CC1)Nc1ccccc1F. The van der Waals surface area contributed by atoms with E-state index < -0.39 is 24.1 Å². The lowest BCUT2D eigenvalue weighted by atomic mass is 10.2. The Morgan fingerprint density at radius 3 is 2.47 bits per heavy atom. The number of halogens is 5. The van der Waals surface area contributed by atoms with Crippen LogP contribution in [-0.4, -0.2) is 59.5 Å². The number of hydrogen-bond donors (Lipinski definition) is 1. The number of benzene rings is 1. The fourth-order valence-corrected chi connectivity index (χ4v) is 3.33. The summed E-state index contributed by atoms with van der Waals surface area (Å²) in [5, 5.41) is 5.74. The van der Waals surface area contributed by atoms with E-state index in [0.717, 1.165) is 6.20 Å². The molecule has 0 bridgehead atoms. The maximum atomic E-state index is 13.6. The average molecular weight is 448 g/mol. The van der Waals surface area contributed by atoms with Gasteiger partial charge in [0.25, 0.3) is 5.56 Å². The van der Waals surface area contributed by atoms with E-state index in [1.165, 1.54) is 18.2 Å². The minimum Gasteiger partial charge on any atom is -0.366 e. The molecule has 2 heterocycles. The van der Waals surface area contributed by atoms with E-state index in [4.69, 9.17) is 11.6 Å². The van der Waals surface area contributed by atoms with Crippen molar-refractivity contribution in [2.24, 2.45) is 0 Å². The molecule has 2 aromatic rings. The van der Waals surface area contributed by atoms with Gasteiger partial charge in [-0.15, -0.1) is 0 Å². The molecule has 1 saturated heterocycles. The zero-order chi connectivity index (χ0) is 21.9. The smallest absolute Gasteiger partial charge is 0.366 e. The third-order valence-corrected chi connectivity index (χ3v) is 4.88. The summed E-state index contributed by atoms with van der Waals surface area (Å²) in [6, 6.07) is 5.83. The zero-order valence-electron chi connectivity index (χ0n) is 15.6. The highest BCUT2D eigenvalue weighted by atomic mass is 35.5. The number of para-hydroxylation sites is 1. The Bertz CT molecular complexity index is 974. The van der Waals surface area contributed by atoms with Gasteiger partial charge in [-0.3, -0.25) is 14.5 Å². The van der Waals surface area contributed by atoms with Crippen LogP contribution in [0.2, 0.25) is 5.02 Å². The highest BCUT2D eigenvalue weighted by Gasteiger charge is 2.30. The van der Waals surface area contributed by atoms with E-state index in [1.807, 2.05) is 4.90 Å². The molecule has 162 valence electrons. The number of carbonyl (C=O) groups is 1. The molecule has 3 rings (SSSR count). The Balaban J connectivity index is 1.58. The van der Waals surface area contributed by atoms with Gasteiger partial charge in [0, 0.05) is 26.2 Å². The van der Waals surface area contributed by atoms with Crippen LogP contribution in [0, 0.1) is 5.82 Å². The van der Waals surface area contributed by atoms with Gasteiger partial charge in [0.2, 0.25) is 5.91 Å². The highest BCUT2D eigenvalue weighted by molar-refractivity contribution is 6.33. The Labute approximate surface area is 173 Å². The van der Waals surface area contributed by atoms with Crippen LogP contribution in [0.15, 0.2) is 35.3 Å². The van der Waals surface area contributed by atoms with Crippen molar-refractivity contribution in [2.75, 3.05) is 42.9 Å². The van der Waals surface area contributed by atoms with Crippen molar-refractivity contribution < 1.29 is 22.4 Å². The molecular weight excluding hydrogens is 430 g/mol. The number of amides is 1. The van der Waals surface area contributed by atoms with Crippen molar-refractivity contribution >= 4 is 28.9 Å². The molecule has 0 atom stereocenters. The van der Waals surface area contributed by atoms with Gasteiger partial charge in [-0.1, -0.05) is 23.7 Å². The summed E-state index contributed by atoms with van der Waals surface area (Å²) >= 11 is 5.99. The van der Waals surface area contributed by atoms with Crippen molar-refractivity contribution in [1.29, 1.82) is 0 Å². The molecule has 1 aliphatic rings. The molecule has 0 aliphatic carbocycles. The Hall–Kier alpha value is -2.66. The Morgan fingerprint density at radius 2 is 1.83 bits per heavy atom. The number of anilines is 2. The summed E-state index contributed by atoms with van der Waals surface area (Å²) in [6.07, 6.45) is -3.45. The van der Waals surface area contributed by atoms with Crippen LogP contribution in [0.5, 0.6) is 0 Å².